The number of hydrogen-bond donors (Lipinski definition) is 1. The van der Waals surface area contributed by atoms with Gasteiger partial charge in [-0.25, -0.2) is 8.42 Å². The molecule has 3 saturated heterocycles. The molecular weight excluding hydrogens is 480 g/mol. The summed E-state index contributed by atoms with van der Waals surface area (Å²) < 4.78 is 30.3. The molecule has 206 valence electrons. The molecule has 3 aliphatic heterocycles. The maximum absolute atomic E-state index is 14.3. The van der Waals surface area contributed by atoms with Crippen LogP contribution in [-0.4, -0.2) is 60.6 Å². The molecule has 1 saturated carbocycles. The van der Waals surface area contributed by atoms with Gasteiger partial charge >= 0.3 is 0 Å². The van der Waals surface area contributed by atoms with Crippen molar-refractivity contribution in [2.75, 3.05) is 26.2 Å². The van der Waals surface area contributed by atoms with Crippen LogP contribution in [0.25, 0.3) is 0 Å². The van der Waals surface area contributed by atoms with Crippen molar-refractivity contribution >= 4 is 10.0 Å². The number of sulfonamides is 1. The van der Waals surface area contributed by atoms with Crippen molar-refractivity contribution in [1.29, 1.82) is 0 Å². The van der Waals surface area contributed by atoms with Crippen LogP contribution < -0.4 is 0 Å². The fourth-order valence-electron chi connectivity index (χ4n) is 8.36. The van der Waals surface area contributed by atoms with Crippen molar-refractivity contribution in [1.82, 2.24) is 9.21 Å². The molecule has 5 rings (SSSR count). The molecule has 1 N–H and O–H groups in total. The van der Waals surface area contributed by atoms with Gasteiger partial charge in [0.25, 0.3) is 0 Å². The van der Waals surface area contributed by atoms with Gasteiger partial charge in [0.05, 0.1) is 16.5 Å². The average molecular weight is 529 g/mol. The molecule has 4 aliphatic rings. The molecule has 1 aromatic carbocycles. The predicted octanol–water partition coefficient (Wildman–Crippen LogP) is 5.92. The molecule has 1 aromatic rings. The van der Waals surface area contributed by atoms with Gasteiger partial charge in [0.15, 0.2) is 0 Å². The molecule has 3 heterocycles. The van der Waals surface area contributed by atoms with E-state index in [1.807, 2.05) is 25.1 Å². The second-order valence-corrected chi connectivity index (χ2v) is 14.7. The minimum atomic E-state index is -3.73. The summed E-state index contributed by atoms with van der Waals surface area (Å²) in [6, 6.07) is 6.92. The number of rotatable bonds is 5. The summed E-state index contributed by atoms with van der Waals surface area (Å²) in [4.78, 5) is 3.01. The number of nitrogens with zero attached hydrogens (tertiary/aromatic N) is 2. The van der Waals surface area contributed by atoms with Crippen molar-refractivity contribution in [2.24, 2.45) is 17.3 Å². The molecule has 37 heavy (non-hydrogen) atoms. The Bertz CT molecular complexity index is 1040. The quantitative estimate of drug-likeness (QED) is 0.482. The molecule has 0 aromatic heterocycles. The number of hydrogen-bond acceptors (Lipinski definition) is 4. The molecule has 6 heteroatoms. The summed E-state index contributed by atoms with van der Waals surface area (Å²) in [5.74, 6) is 0.932. The van der Waals surface area contributed by atoms with E-state index in [2.05, 4.69) is 11.5 Å². The molecule has 0 radical (unpaired) electrons. The summed E-state index contributed by atoms with van der Waals surface area (Å²) in [6.07, 6.45) is 16.0. The Balaban J connectivity index is 1.55. The molecule has 2 unspecified atom stereocenters. The first-order chi connectivity index (χ1) is 17.8. The van der Waals surface area contributed by atoms with E-state index in [0.717, 1.165) is 38.0 Å². The lowest BCUT2D eigenvalue weighted by molar-refractivity contribution is -0.179. The number of allylic oxidation sites excluding steroid dienone is 1. The normalized spacial score (nSPS) is 37.6. The molecule has 4 fully saturated rings. The molecule has 4 bridgehead atoms. The van der Waals surface area contributed by atoms with Gasteiger partial charge in [0.1, 0.15) is 0 Å². The van der Waals surface area contributed by atoms with Crippen molar-refractivity contribution in [3.63, 3.8) is 0 Å². The van der Waals surface area contributed by atoms with Gasteiger partial charge < -0.3 is 10.0 Å². The van der Waals surface area contributed by atoms with E-state index in [1.165, 1.54) is 51.4 Å². The first-order valence-corrected chi connectivity index (χ1v) is 16.4. The zero-order valence-corrected chi connectivity index (χ0v) is 23.7. The van der Waals surface area contributed by atoms with E-state index >= 15 is 0 Å². The van der Waals surface area contributed by atoms with Crippen molar-refractivity contribution < 1.29 is 13.5 Å². The van der Waals surface area contributed by atoms with Crippen LogP contribution >= 0.6 is 0 Å². The standard InChI is InChI=1S/C31H48N2O3S/c1-3-4-18-31(34)21-26-22-32-19-12-10-8-6-5-7-9-11-17-30(23-32)24-33(29(31)20-28(26)30)37(35,36)27-15-13-25(2)14-16-27/h3,13-16,26,28-29,34H,1,4-12,17-24H2,2H3/t26-,28-,29+,30?,31-/m1/s1. The van der Waals surface area contributed by atoms with Gasteiger partial charge in [-0.05, 0) is 76.0 Å². The topological polar surface area (TPSA) is 60.9 Å². The van der Waals surface area contributed by atoms with Crippen LogP contribution in [0, 0.1) is 24.2 Å². The van der Waals surface area contributed by atoms with Gasteiger partial charge in [-0.15, -0.1) is 6.58 Å². The van der Waals surface area contributed by atoms with Crippen LogP contribution in [0.4, 0.5) is 0 Å². The Morgan fingerprint density at radius 3 is 2.41 bits per heavy atom. The lowest BCUT2D eigenvalue weighted by Gasteiger charge is -2.65. The molecule has 1 spiro atoms. The second-order valence-electron chi connectivity index (χ2n) is 12.8. The largest absolute Gasteiger partial charge is 0.388 e. The fourth-order valence-corrected chi connectivity index (χ4v) is 10.2. The Hall–Kier alpha value is -1.21. The molecule has 5 nitrogen and oxygen atoms in total. The van der Waals surface area contributed by atoms with Crippen LogP contribution in [0.15, 0.2) is 41.8 Å². The fraction of sp³-hybridized carbons (Fsp3) is 0.742. The lowest BCUT2D eigenvalue weighted by Crippen LogP contribution is -2.72. The predicted molar refractivity (Wildman–Crippen MR) is 150 cm³/mol. The maximum Gasteiger partial charge on any atom is 0.243 e. The highest BCUT2D eigenvalue weighted by Crippen LogP contribution is 2.58. The second kappa shape index (κ2) is 11.1. The summed E-state index contributed by atoms with van der Waals surface area (Å²) in [6.45, 7) is 9.60. The minimum absolute atomic E-state index is 0.0228. The number of aryl methyl sites for hydroxylation is 1. The first kappa shape index (κ1) is 27.4. The van der Waals surface area contributed by atoms with E-state index in [-0.39, 0.29) is 11.5 Å². The number of benzene rings is 1. The zero-order valence-electron chi connectivity index (χ0n) is 22.9. The molecule has 1 aliphatic carbocycles. The third-order valence-electron chi connectivity index (χ3n) is 10.2. The van der Waals surface area contributed by atoms with E-state index in [9.17, 15) is 13.5 Å². The van der Waals surface area contributed by atoms with Crippen LogP contribution in [0.1, 0.15) is 89.0 Å². The maximum atomic E-state index is 14.3. The van der Waals surface area contributed by atoms with Crippen molar-refractivity contribution in [2.45, 2.75) is 107 Å². The molecule has 6 atom stereocenters. The smallest absolute Gasteiger partial charge is 0.243 e. The molecule has 0 amide bonds. The molecular formula is C31H48N2O3S. The van der Waals surface area contributed by atoms with E-state index in [4.69, 9.17) is 0 Å². The van der Waals surface area contributed by atoms with Crippen LogP contribution in [0.2, 0.25) is 0 Å². The highest BCUT2D eigenvalue weighted by molar-refractivity contribution is 7.89. The Morgan fingerprint density at radius 2 is 1.70 bits per heavy atom. The monoisotopic (exact) mass is 528 g/mol. The van der Waals surface area contributed by atoms with Crippen LogP contribution in [0.3, 0.4) is 0 Å². The number of aliphatic hydroxyl groups is 1. The van der Waals surface area contributed by atoms with Gasteiger partial charge in [0.2, 0.25) is 10.0 Å². The summed E-state index contributed by atoms with van der Waals surface area (Å²) in [5.41, 5.74) is 0.0216. The summed E-state index contributed by atoms with van der Waals surface area (Å²) >= 11 is 0. The van der Waals surface area contributed by atoms with Crippen molar-refractivity contribution in [3.8, 4) is 0 Å². The Labute approximate surface area is 225 Å². The average Bonchev–Trinajstić information content (AvgIpc) is 2.89. The van der Waals surface area contributed by atoms with E-state index < -0.39 is 15.6 Å². The minimum Gasteiger partial charge on any atom is -0.388 e. The highest BCUT2D eigenvalue weighted by atomic mass is 32.2. The van der Waals surface area contributed by atoms with Crippen LogP contribution in [-0.2, 0) is 10.0 Å². The number of piperidine rings is 2. The Morgan fingerprint density at radius 1 is 1.03 bits per heavy atom. The number of fused-ring (bicyclic) bond motifs is 2. The Kier molecular flexibility index (Phi) is 8.22. The summed E-state index contributed by atoms with van der Waals surface area (Å²) in [7, 11) is -3.73. The van der Waals surface area contributed by atoms with Crippen LogP contribution in [0.5, 0.6) is 0 Å². The lowest BCUT2D eigenvalue weighted by atomic mass is 9.53. The third-order valence-corrected chi connectivity index (χ3v) is 12.1. The zero-order chi connectivity index (χ0) is 26.1. The van der Waals surface area contributed by atoms with E-state index in [0.29, 0.717) is 42.5 Å². The van der Waals surface area contributed by atoms with Gasteiger partial charge in [-0.3, -0.25) is 0 Å². The highest BCUT2D eigenvalue weighted by Gasteiger charge is 2.62. The van der Waals surface area contributed by atoms with Gasteiger partial charge in [-0.2, -0.15) is 4.31 Å². The third kappa shape index (κ3) is 5.46. The van der Waals surface area contributed by atoms with E-state index in [1.54, 1.807) is 16.4 Å². The van der Waals surface area contributed by atoms with Crippen molar-refractivity contribution in [3.05, 3.63) is 42.5 Å². The first-order valence-electron chi connectivity index (χ1n) is 14.9. The van der Waals surface area contributed by atoms with Gasteiger partial charge in [0, 0.05) is 25.0 Å². The summed E-state index contributed by atoms with van der Waals surface area (Å²) in [5, 5.41) is 12.2. The van der Waals surface area contributed by atoms with Gasteiger partial charge in [-0.1, -0.05) is 68.7 Å². The SMILES string of the molecule is C=CCC[C@@]1(O)C[C@@H]2CN3CCCCCCCCCCC4(C3)CN(S(=O)(=O)c3ccc(C)cc3)[C@H]1C[C@H]24.